The van der Waals surface area contributed by atoms with Crippen LogP contribution < -0.4 is 75.7 Å². The van der Waals surface area contributed by atoms with Crippen LogP contribution in [0.3, 0.4) is 0 Å². The summed E-state index contributed by atoms with van der Waals surface area (Å²) < 4.78 is 0. The molecular formula is C38H49Cl4N15O10. The molecule has 2 aromatic rings. The number of anilines is 2. The van der Waals surface area contributed by atoms with E-state index in [4.69, 9.17) is 63.6 Å². The first kappa shape index (κ1) is 53.4. The summed E-state index contributed by atoms with van der Waals surface area (Å²) in [5.74, 6) is -6.96. The smallest absolute Gasteiger partial charge is 0.323 e. The molecule has 0 spiro atoms. The average molecular weight is 1020 g/mol. The molecule has 2 aromatic carbocycles. The van der Waals surface area contributed by atoms with Crippen molar-refractivity contribution in [3.05, 3.63) is 68.4 Å². The lowest BCUT2D eigenvalue weighted by molar-refractivity contribution is -0.135. The molecular weight excluding hydrogens is 968 g/mol. The van der Waals surface area contributed by atoms with E-state index in [9.17, 15) is 48.6 Å². The summed E-state index contributed by atoms with van der Waals surface area (Å²) in [5, 5.41) is 47.3. The van der Waals surface area contributed by atoms with Crippen LogP contribution in [0.4, 0.5) is 21.0 Å². The summed E-state index contributed by atoms with van der Waals surface area (Å²) in [7, 11) is 0. The van der Waals surface area contributed by atoms with Crippen LogP contribution in [0.5, 0.6) is 0 Å². The van der Waals surface area contributed by atoms with E-state index in [1.54, 1.807) is 0 Å². The van der Waals surface area contributed by atoms with Gasteiger partial charge in [0.05, 0.1) is 39.3 Å². The minimum atomic E-state index is -1.87. The maximum atomic E-state index is 14.3. The van der Waals surface area contributed by atoms with Crippen molar-refractivity contribution >= 4 is 111 Å². The van der Waals surface area contributed by atoms with Gasteiger partial charge in [-0.25, -0.2) is 14.6 Å². The van der Waals surface area contributed by atoms with E-state index in [2.05, 4.69) is 63.5 Å². The lowest BCUT2D eigenvalue weighted by Gasteiger charge is -2.34. The number of hydrogen-bond donors (Lipinski definition) is 16. The molecule has 19 N–H and O–H groups in total. The van der Waals surface area contributed by atoms with Crippen molar-refractivity contribution in [3.63, 3.8) is 0 Å². The van der Waals surface area contributed by atoms with Crippen molar-refractivity contribution in [2.45, 2.75) is 68.1 Å². The Kier molecular flexibility index (Phi) is 20.5. The molecule has 7 atom stereocenters. The van der Waals surface area contributed by atoms with Gasteiger partial charge in [0.15, 0.2) is 5.96 Å². The summed E-state index contributed by atoms with van der Waals surface area (Å²) in [6.45, 7) is -2.57. The number of rotatable bonds is 13. The van der Waals surface area contributed by atoms with Crippen molar-refractivity contribution in [2.75, 3.05) is 36.9 Å². The average Bonchev–Trinajstić information content (AvgIpc) is 3.27. The van der Waals surface area contributed by atoms with Crippen LogP contribution in [0.2, 0.25) is 20.1 Å². The second-order valence-corrected chi connectivity index (χ2v) is 16.3. The lowest BCUT2D eigenvalue weighted by Crippen LogP contribution is -2.65. The fourth-order valence-corrected chi connectivity index (χ4v) is 6.80. The fraction of sp³-hybridized carbons (Fsp3) is 0.395. The molecule has 4 rings (SSSR count). The summed E-state index contributed by atoms with van der Waals surface area (Å²) in [6.07, 6.45) is -0.180. The lowest BCUT2D eigenvalue weighted by atomic mass is 10.00. The molecule has 29 heteroatoms. The van der Waals surface area contributed by atoms with Gasteiger partial charge < -0.3 is 85.9 Å². The molecule has 3 unspecified atom stereocenters. The Morgan fingerprint density at radius 2 is 1.39 bits per heavy atom. The number of amides is 10. The first-order valence-corrected chi connectivity index (χ1v) is 21.6. The van der Waals surface area contributed by atoms with E-state index in [0.717, 1.165) is 6.20 Å². The number of aliphatic imine (C=N–C) groups is 1. The van der Waals surface area contributed by atoms with Crippen LogP contribution >= 0.6 is 46.4 Å². The van der Waals surface area contributed by atoms with Crippen LogP contribution in [0, 0.1) is 0 Å². The zero-order valence-corrected chi connectivity index (χ0v) is 38.1. The third-order valence-electron chi connectivity index (χ3n) is 9.57. The molecule has 0 bridgehead atoms. The van der Waals surface area contributed by atoms with E-state index in [1.807, 2.05) is 0 Å². The molecule has 364 valence electrons. The van der Waals surface area contributed by atoms with Crippen molar-refractivity contribution in [2.24, 2.45) is 22.2 Å². The quantitative estimate of drug-likeness (QED) is 0.0941. The number of guanidine groups is 1. The van der Waals surface area contributed by atoms with Gasteiger partial charge in [-0.3, -0.25) is 28.8 Å². The van der Waals surface area contributed by atoms with Crippen molar-refractivity contribution in [1.82, 2.24) is 47.9 Å². The topological polar surface area (TPSA) is 400 Å². The van der Waals surface area contributed by atoms with Crippen LogP contribution in [-0.2, 0) is 28.8 Å². The first-order chi connectivity index (χ1) is 31.8. The van der Waals surface area contributed by atoms with Gasteiger partial charge in [-0.1, -0.05) is 46.4 Å². The Hall–Kier alpha value is -6.19. The van der Waals surface area contributed by atoms with E-state index in [1.165, 1.54) is 36.4 Å². The number of nitrogens with one attached hydrogen (secondary N) is 11. The second-order valence-electron chi connectivity index (χ2n) is 14.7. The number of benzene rings is 2. The molecule has 0 aromatic heterocycles. The molecule has 0 aliphatic carbocycles. The number of aliphatic hydroxyl groups is 2. The number of halogens is 4. The predicted molar refractivity (Wildman–Crippen MR) is 246 cm³/mol. The van der Waals surface area contributed by atoms with Crippen LogP contribution in [0.15, 0.2) is 53.3 Å². The third kappa shape index (κ3) is 16.6. The summed E-state index contributed by atoms with van der Waals surface area (Å²) in [4.78, 5) is 112. The van der Waals surface area contributed by atoms with Gasteiger partial charge >= 0.3 is 12.1 Å². The van der Waals surface area contributed by atoms with Gasteiger partial charge in [0.2, 0.25) is 29.5 Å². The molecule has 0 radical (unpaired) electrons. The number of hydrogen-bond acceptors (Lipinski definition) is 15. The molecule has 2 heterocycles. The minimum absolute atomic E-state index is 0.0918. The Balaban J connectivity index is 1.71. The van der Waals surface area contributed by atoms with Crippen LogP contribution in [0.25, 0.3) is 0 Å². The molecule has 2 aliphatic heterocycles. The molecule has 1 saturated heterocycles. The standard InChI is InChI=1S/C38H49Cl4N15O10/c39-19-5-3-17(9-21(19)41)48-37(66)47-13-25-32(62)57-30(23-11-28(55-36(45)54-23)56-38(67)49-18-4-6-20(40)22(42)10-18)35(65)46-12-24(50-29(60)8-16(44)2-1-7-43)31(61)52-27(15-59)34(64)53-26(14-58)33(63)51-25/h3-6,9-10,13,16,23-24,26-28,30,58-59H,1-2,7-8,11-12,14-15,43-44H2,(H,46,65)(H,50,60)(H,51,63)(H,52,61)(H,53,64)(H,57,62)(H3,45,54,55)(H2,47,48,66)(H2,49,56,67)/b25-13-/t16-,23?,24?,26+,27+,28?,30+/m0/s1. The molecule has 1 fully saturated rings. The highest BCUT2D eigenvalue weighted by molar-refractivity contribution is 6.42. The van der Waals surface area contributed by atoms with E-state index in [-0.39, 0.29) is 50.3 Å². The highest BCUT2D eigenvalue weighted by atomic mass is 35.5. The van der Waals surface area contributed by atoms with Gasteiger partial charge in [0.1, 0.15) is 36.0 Å². The Labute approximate surface area is 401 Å². The monoisotopic (exact) mass is 1020 g/mol. The summed E-state index contributed by atoms with van der Waals surface area (Å²) in [6, 6.07) is -2.40. The maximum Gasteiger partial charge on any atom is 0.323 e. The third-order valence-corrected chi connectivity index (χ3v) is 11.0. The van der Waals surface area contributed by atoms with Crippen molar-refractivity contribution < 1.29 is 48.6 Å². The Morgan fingerprint density at radius 3 is 1.99 bits per heavy atom. The van der Waals surface area contributed by atoms with Gasteiger partial charge in [-0.05, 0) is 55.8 Å². The Morgan fingerprint density at radius 1 is 0.791 bits per heavy atom. The largest absolute Gasteiger partial charge is 0.394 e. The van der Waals surface area contributed by atoms with Crippen molar-refractivity contribution in [3.8, 4) is 0 Å². The second kappa shape index (κ2) is 25.6. The van der Waals surface area contributed by atoms with E-state index in [0.29, 0.717) is 19.4 Å². The van der Waals surface area contributed by atoms with Crippen molar-refractivity contribution in [1.29, 1.82) is 0 Å². The zero-order chi connectivity index (χ0) is 49.4. The number of urea groups is 2. The summed E-state index contributed by atoms with van der Waals surface area (Å²) >= 11 is 24.1. The number of aliphatic hydroxyl groups excluding tert-OH is 2. The van der Waals surface area contributed by atoms with Crippen LogP contribution in [-0.4, -0.2) is 132 Å². The number of carbonyl (C=O) groups is 8. The number of nitrogens with two attached hydrogens (primary N) is 3. The van der Waals surface area contributed by atoms with Gasteiger partial charge in [0, 0.05) is 43.0 Å². The van der Waals surface area contributed by atoms with Crippen LogP contribution in [0.1, 0.15) is 25.7 Å². The van der Waals surface area contributed by atoms with Gasteiger partial charge in [-0.15, -0.1) is 0 Å². The summed E-state index contributed by atoms with van der Waals surface area (Å²) in [5.41, 5.74) is 17.3. The Bertz CT molecular complexity index is 2260. The molecule has 2 aliphatic rings. The van der Waals surface area contributed by atoms with E-state index >= 15 is 0 Å². The number of nitrogens with zero attached hydrogens (tertiary/aromatic N) is 1. The van der Waals surface area contributed by atoms with Gasteiger partial charge in [0.25, 0.3) is 5.91 Å². The molecule has 67 heavy (non-hydrogen) atoms. The first-order valence-electron chi connectivity index (χ1n) is 20.1. The SMILES string of the molecule is NCCC[C@H](N)CC(=O)NC1CNC(=O)[C@@H](C2CC(NC(=O)Nc3ccc(Cl)c(Cl)c3)N=C(N)N2)NC(=O)/C(=C/NC(=O)Nc2ccc(Cl)c(Cl)c2)NC(=O)[C@@H](CO)NC(=O)[C@@H](CO)NC1=O. The normalized spacial score (nSPS) is 22.8. The molecule has 10 amide bonds. The predicted octanol–water partition coefficient (Wildman–Crippen LogP) is -2.29. The molecule has 25 nitrogen and oxygen atoms in total. The highest BCUT2D eigenvalue weighted by Gasteiger charge is 2.38. The highest BCUT2D eigenvalue weighted by Crippen LogP contribution is 2.26. The number of carbonyl (C=O) groups excluding carboxylic acids is 8. The van der Waals surface area contributed by atoms with Gasteiger partial charge in [-0.2, -0.15) is 0 Å². The maximum absolute atomic E-state index is 14.3. The zero-order valence-electron chi connectivity index (χ0n) is 35.1. The fourth-order valence-electron chi connectivity index (χ4n) is 6.20. The van der Waals surface area contributed by atoms with E-state index < -0.39 is 115 Å². The molecule has 0 saturated carbocycles. The minimum Gasteiger partial charge on any atom is -0.394 e.